The average molecular weight is 437 g/mol. The van der Waals surface area contributed by atoms with Gasteiger partial charge in [0.1, 0.15) is 12.4 Å². The number of nitrogens with one attached hydrogen (secondary N) is 1. The lowest BCUT2D eigenvalue weighted by molar-refractivity contribution is -0.116. The first kappa shape index (κ1) is 22.8. The maximum atomic E-state index is 14.2. The molecule has 0 aliphatic carbocycles. The topological polar surface area (TPSA) is 97.3 Å². The lowest BCUT2D eigenvalue weighted by Gasteiger charge is -2.18. The molecule has 9 heteroatoms. The van der Waals surface area contributed by atoms with Gasteiger partial charge in [0.25, 0.3) is 5.91 Å². The van der Waals surface area contributed by atoms with Crippen LogP contribution in [-0.2, 0) is 4.79 Å². The third-order valence-corrected chi connectivity index (χ3v) is 4.71. The lowest BCUT2D eigenvalue weighted by Crippen LogP contribution is -2.30. The van der Waals surface area contributed by atoms with Crippen molar-refractivity contribution in [2.24, 2.45) is 0 Å². The lowest BCUT2D eigenvalue weighted by atomic mass is 10.1. The van der Waals surface area contributed by atoms with Crippen LogP contribution in [0.1, 0.15) is 28.7 Å². The van der Waals surface area contributed by atoms with Crippen LogP contribution in [0.5, 0.6) is 5.75 Å². The van der Waals surface area contributed by atoms with Crippen molar-refractivity contribution in [1.82, 2.24) is 20.3 Å². The molecule has 0 radical (unpaired) electrons. The molecule has 0 unspecified atom stereocenters. The van der Waals surface area contributed by atoms with Gasteiger partial charge in [0.2, 0.25) is 11.7 Å². The van der Waals surface area contributed by atoms with E-state index < -0.39 is 11.7 Å². The summed E-state index contributed by atoms with van der Waals surface area (Å²) in [6, 6.07) is 8.01. The fraction of sp³-hybridized carbons (Fsp3) is 0.261. The van der Waals surface area contributed by atoms with E-state index in [9.17, 15) is 14.0 Å². The van der Waals surface area contributed by atoms with Crippen molar-refractivity contribution in [3.8, 4) is 17.0 Å². The summed E-state index contributed by atoms with van der Waals surface area (Å²) < 4.78 is 19.9. The van der Waals surface area contributed by atoms with Crippen molar-refractivity contribution in [3.63, 3.8) is 0 Å². The molecular weight excluding hydrogens is 413 g/mol. The zero-order chi connectivity index (χ0) is 23.3. The summed E-state index contributed by atoms with van der Waals surface area (Å²) in [6.07, 6.45) is 3.13. The Morgan fingerprint density at radius 1 is 1.16 bits per heavy atom. The molecule has 166 valence electrons. The highest BCUT2D eigenvalue weighted by molar-refractivity contribution is 5.91. The molecule has 1 N–H and O–H groups in total. The molecule has 0 atom stereocenters. The number of rotatable bonds is 7. The van der Waals surface area contributed by atoms with Gasteiger partial charge in [-0.2, -0.15) is 0 Å². The SMILES string of the molecule is CC(=O)N(C)c1ncc(C)cc1OCCNC(=O)c1ncc(C)c(-c2ccccc2F)n1. The van der Waals surface area contributed by atoms with Crippen LogP contribution in [0.25, 0.3) is 11.3 Å². The molecule has 32 heavy (non-hydrogen) atoms. The first-order valence-corrected chi connectivity index (χ1v) is 9.98. The molecule has 0 saturated carbocycles. The van der Waals surface area contributed by atoms with E-state index in [1.165, 1.54) is 24.1 Å². The van der Waals surface area contributed by atoms with Crippen molar-refractivity contribution in [2.45, 2.75) is 20.8 Å². The molecule has 3 rings (SSSR count). The highest BCUT2D eigenvalue weighted by Gasteiger charge is 2.16. The number of hydrogen-bond acceptors (Lipinski definition) is 6. The normalized spacial score (nSPS) is 10.5. The molecule has 0 aliphatic heterocycles. The number of ether oxygens (including phenoxy) is 1. The summed E-state index contributed by atoms with van der Waals surface area (Å²) in [5.41, 5.74) is 2.20. The summed E-state index contributed by atoms with van der Waals surface area (Å²) in [4.78, 5) is 38.1. The Bertz CT molecular complexity index is 1150. The summed E-state index contributed by atoms with van der Waals surface area (Å²) in [7, 11) is 1.61. The Balaban J connectivity index is 1.66. The molecule has 0 aliphatic rings. The maximum absolute atomic E-state index is 14.2. The van der Waals surface area contributed by atoms with E-state index in [1.54, 1.807) is 44.4 Å². The van der Waals surface area contributed by atoms with Crippen LogP contribution in [-0.4, -0.2) is 47.0 Å². The number of amides is 2. The number of hydrogen-bond donors (Lipinski definition) is 1. The second-order valence-electron chi connectivity index (χ2n) is 7.22. The largest absolute Gasteiger partial charge is 0.488 e. The number of nitrogens with zero attached hydrogens (tertiary/aromatic N) is 4. The number of carbonyl (C=O) groups is 2. The number of aryl methyl sites for hydroxylation is 2. The number of carbonyl (C=O) groups excluding carboxylic acids is 2. The predicted molar refractivity (Wildman–Crippen MR) is 118 cm³/mol. The monoisotopic (exact) mass is 437 g/mol. The van der Waals surface area contributed by atoms with Gasteiger partial charge in [-0.1, -0.05) is 12.1 Å². The minimum atomic E-state index is -0.505. The molecule has 1 aromatic carbocycles. The van der Waals surface area contributed by atoms with E-state index in [0.717, 1.165) is 5.56 Å². The minimum Gasteiger partial charge on any atom is -0.488 e. The minimum absolute atomic E-state index is 0.0666. The zero-order valence-electron chi connectivity index (χ0n) is 18.3. The third kappa shape index (κ3) is 5.23. The molecule has 0 spiro atoms. The van der Waals surface area contributed by atoms with Crippen molar-refractivity contribution in [1.29, 1.82) is 0 Å². The van der Waals surface area contributed by atoms with Gasteiger partial charge in [0.05, 0.1) is 12.2 Å². The Hall–Kier alpha value is -3.88. The van der Waals surface area contributed by atoms with Gasteiger partial charge >= 0.3 is 0 Å². The Labute approximate surface area is 185 Å². The first-order chi connectivity index (χ1) is 15.3. The molecule has 2 heterocycles. The van der Waals surface area contributed by atoms with Crippen LogP contribution in [0.15, 0.2) is 42.7 Å². The molecular formula is C23H24FN5O3. The second-order valence-corrected chi connectivity index (χ2v) is 7.22. The predicted octanol–water partition coefficient (Wildman–Crippen LogP) is 3.09. The van der Waals surface area contributed by atoms with Gasteiger partial charge in [-0.15, -0.1) is 0 Å². The molecule has 8 nitrogen and oxygen atoms in total. The van der Waals surface area contributed by atoms with E-state index in [1.807, 2.05) is 6.92 Å². The highest BCUT2D eigenvalue weighted by Crippen LogP contribution is 2.26. The van der Waals surface area contributed by atoms with Crippen LogP contribution in [0.4, 0.5) is 10.2 Å². The number of anilines is 1. The summed E-state index contributed by atoms with van der Waals surface area (Å²) in [5, 5.41) is 2.68. The van der Waals surface area contributed by atoms with Crippen molar-refractivity contribution in [2.75, 3.05) is 25.1 Å². The van der Waals surface area contributed by atoms with E-state index >= 15 is 0 Å². The third-order valence-electron chi connectivity index (χ3n) is 4.71. The smallest absolute Gasteiger partial charge is 0.289 e. The van der Waals surface area contributed by atoms with Gasteiger partial charge in [0, 0.05) is 31.9 Å². The van der Waals surface area contributed by atoms with Crippen LogP contribution in [0.2, 0.25) is 0 Å². The Kier molecular flexibility index (Phi) is 7.09. The highest BCUT2D eigenvalue weighted by atomic mass is 19.1. The van der Waals surface area contributed by atoms with Crippen LogP contribution >= 0.6 is 0 Å². The van der Waals surface area contributed by atoms with Crippen molar-refractivity contribution < 1.29 is 18.7 Å². The molecule has 2 amide bonds. The van der Waals surface area contributed by atoms with Crippen LogP contribution < -0.4 is 15.0 Å². The number of pyridine rings is 1. The summed E-state index contributed by atoms with van der Waals surface area (Å²) in [5.74, 6) is -0.345. The number of benzene rings is 1. The van der Waals surface area contributed by atoms with Crippen molar-refractivity contribution >= 4 is 17.6 Å². The summed E-state index contributed by atoms with van der Waals surface area (Å²) >= 11 is 0. The fourth-order valence-corrected chi connectivity index (χ4v) is 2.92. The zero-order valence-corrected chi connectivity index (χ0v) is 18.3. The van der Waals surface area contributed by atoms with E-state index in [4.69, 9.17) is 4.74 Å². The van der Waals surface area contributed by atoms with E-state index in [0.29, 0.717) is 28.4 Å². The Morgan fingerprint density at radius 3 is 2.62 bits per heavy atom. The standard InChI is InChI=1S/C23H24FN5O3/c1-14-11-19(22(27-12-14)29(4)16(3)30)32-10-9-25-23(31)21-26-13-15(2)20(28-21)17-7-5-6-8-18(17)24/h5-8,11-13H,9-10H2,1-4H3,(H,25,31). The maximum Gasteiger partial charge on any atom is 0.289 e. The van der Waals surface area contributed by atoms with Crippen LogP contribution in [0, 0.1) is 19.7 Å². The number of halogens is 1. The Morgan fingerprint density at radius 2 is 1.91 bits per heavy atom. The van der Waals surface area contributed by atoms with E-state index in [-0.39, 0.29) is 24.9 Å². The average Bonchev–Trinajstić information content (AvgIpc) is 2.77. The van der Waals surface area contributed by atoms with Gasteiger partial charge in [-0.25, -0.2) is 19.3 Å². The van der Waals surface area contributed by atoms with Gasteiger partial charge < -0.3 is 10.1 Å². The second kappa shape index (κ2) is 9.95. The molecule has 0 bridgehead atoms. The first-order valence-electron chi connectivity index (χ1n) is 9.98. The van der Waals surface area contributed by atoms with Gasteiger partial charge in [-0.3, -0.25) is 14.5 Å². The molecule has 0 fully saturated rings. The quantitative estimate of drug-likeness (QED) is 0.571. The molecule has 2 aromatic heterocycles. The molecule has 0 saturated heterocycles. The van der Waals surface area contributed by atoms with Crippen molar-refractivity contribution in [3.05, 3.63) is 65.5 Å². The number of aromatic nitrogens is 3. The van der Waals surface area contributed by atoms with E-state index in [2.05, 4.69) is 20.3 Å². The van der Waals surface area contributed by atoms with Crippen LogP contribution in [0.3, 0.4) is 0 Å². The fourth-order valence-electron chi connectivity index (χ4n) is 2.92. The van der Waals surface area contributed by atoms with Gasteiger partial charge in [-0.05, 0) is 43.2 Å². The molecule has 3 aromatic rings. The summed E-state index contributed by atoms with van der Waals surface area (Å²) in [6.45, 7) is 5.36. The van der Waals surface area contributed by atoms with Gasteiger partial charge in [0.15, 0.2) is 11.6 Å².